The Morgan fingerprint density at radius 1 is 1.14 bits per heavy atom. The summed E-state index contributed by atoms with van der Waals surface area (Å²) in [7, 11) is 1.58. The Hall–Kier alpha value is -2.86. The second-order valence-corrected chi connectivity index (χ2v) is 7.93. The molecule has 0 saturated heterocycles. The summed E-state index contributed by atoms with van der Waals surface area (Å²) in [5.41, 5.74) is 3.12. The van der Waals surface area contributed by atoms with Gasteiger partial charge in [-0.3, -0.25) is 9.59 Å². The maximum Gasteiger partial charge on any atom is 0.279 e. The van der Waals surface area contributed by atoms with Gasteiger partial charge < -0.3 is 20.7 Å². The van der Waals surface area contributed by atoms with Crippen molar-refractivity contribution in [1.82, 2.24) is 5.32 Å². The van der Waals surface area contributed by atoms with Crippen LogP contribution in [-0.4, -0.2) is 31.0 Å². The van der Waals surface area contributed by atoms with Crippen LogP contribution in [0.1, 0.15) is 31.4 Å². The molecule has 3 rings (SSSR count). The van der Waals surface area contributed by atoms with Gasteiger partial charge in [0, 0.05) is 23.7 Å². The van der Waals surface area contributed by atoms with Gasteiger partial charge in [-0.05, 0) is 30.0 Å². The zero-order chi connectivity index (χ0) is 20.8. The minimum Gasteiger partial charge on any atom is -0.497 e. The molecule has 2 aromatic rings. The molecule has 29 heavy (non-hydrogen) atoms. The van der Waals surface area contributed by atoms with Crippen LogP contribution in [0.4, 0.5) is 5.69 Å². The molecule has 0 bridgehead atoms. The Kier molecular flexibility index (Phi) is 6.88. The predicted molar refractivity (Wildman–Crippen MR) is 113 cm³/mol. The zero-order valence-electron chi connectivity index (χ0n) is 17.3. The molecular weight excluding hydrogens is 366 g/mol. The van der Waals surface area contributed by atoms with Gasteiger partial charge in [0.15, 0.2) is 6.04 Å². The maximum absolute atomic E-state index is 12.9. The Balaban J connectivity index is 1.66. The smallest absolute Gasteiger partial charge is 0.279 e. The van der Waals surface area contributed by atoms with Gasteiger partial charge in [0.25, 0.3) is 5.91 Å². The predicted octanol–water partition coefficient (Wildman–Crippen LogP) is 1.85. The van der Waals surface area contributed by atoms with E-state index in [1.165, 1.54) is 11.1 Å². The molecule has 2 amide bonds. The first-order valence-corrected chi connectivity index (χ1v) is 10.1. The third-order valence-corrected chi connectivity index (χ3v) is 5.19. The van der Waals surface area contributed by atoms with E-state index in [1.807, 2.05) is 43.4 Å². The standard InChI is InChI=1S/C23H29N3O3/c1-15(2)11-21(23(28)25-18-9-6-10-19(13-18)29-3)26-22(27)20-12-16-7-4-5-8-17(16)14-24-20/h4-10,13,15,20-21,24H,11-12,14H2,1-3H3,(H,25,28)(H,26,27)/p+1/t20-,21+/m0/s1. The minimum absolute atomic E-state index is 0.0917. The normalized spacial score (nSPS) is 16.6. The first-order chi connectivity index (χ1) is 14.0. The summed E-state index contributed by atoms with van der Waals surface area (Å²) in [5, 5.41) is 7.93. The highest BCUT2D eigenvalue weighted by atomic mass is 16.5. The number of hydrogen-bond donors (Lipinski definition) is 3. The first-order valence-electron chi connectivity index (χ1n) is 10.1. The van der Waals surface area contributed by atoms with E-state index in [2.05, 4.69) is 22.8 Å². The van der Waals surface area contributed by atoms with Crippen LogP contribution in [0.5, 0.6) is 5.75 Å². The summed E-state index contributed by atoms with van der Waals surface area (Å²) in [6.45, 7) is 4.86. The van der Waals surface area contributed by atoms with Crippen LogP contribution in [0.25, 0.3) is 0 Å². The van der Waals surface area contributed by atoms with Crippen LogP contribution in [0.2, 0.25) is 0 Å². The van der Waals surface area contributed by atoms with Crippen LogP contribution < -0.4 is 20.7 Å². The number of hydrogen-bond acceptors (Lipinski definition) is 3. The quantitative estimate of drug-likeness (QED) is 0.668. The Morgan fingerprint density at radius 3 is 2.62 bits per heavy atom. The van der Waals surface area contributed by atoms with Gasteiger partial charge in [-0.25, -0.2) is 0 Å². The second-order valence-electron chi connectivity index (χ2n) is 7.93. The van der Waals surface area contributed by atoms with Crippen molar-refractivity contribution >= 4 is 17.5 Å². The molecule has 0 unspecified atom stereocenters. The molecule has 2 aromatic carbocycles. The summed E-state index contributed by atoms with van der Waals surface area (Å²) in [6, 6.07) is 14.6. The van der Waals surface area contributed by atoms with E-state index in [1.54, 1.807) is 19.2 Å². The first kappa shape index (κ1) is 20.9. The molecule has 154 valence electrons. The van der Waals surface area contributed by atoms with Gasteiger partial charge in [-0.2, -0.15) is 0 Å². The number of carbonyl (C=O) groups is 2. The number of nitrogens with one attached hydrogen (secondary N) is 2. The number of anilines is 1. The van der Waals surface area contributed by atoms with Gasteiger partial charge in [-0.1, -0.05) is 44.2 Å². The average Bonchev–Trinajstić information content (AvgIpc) is 2.72. The van der Waals surface area contributed by atoms with Crippen molar-refractivity contribution in [3.63, 3.8) is 0 Å². The van der Waals surface area contributed by atoms with Crippen LogP contribution in [0.3, 0.4) is 0 Å². The third kappa shape index (κ3) is 5.57. The minimum atomic E-state index is -0.584. The lowest BCUT2D eigenvalue weighted by Gasteiger charge is -2.25. The number of carbonyl (C=O) groups excluding carboxylic acids is 2. The SMILES string of the molecule is COc1cccc(NC(=O)[C@@H](CC(C)C)NC(=O)[C@@H]2Cc3ccccc3C[NH2+]2)c1. The Morgan fingerprint density at radius 2 is 1.90 bits per heavy atom. The van der Waals surface area contributed by atoms with Gasteiger partial charge in [-0.15, -0.1) is 0 Å². The molecule has 1 aliphatic heterocycles. The lowest BCUT2D eigenvalue weighted by molar-refractivity contribution is -0.695. The van der Waals surface area contributed by atoms with Gasteiger partial charge in [0.2, 0.25) is 5.91 Å². The molecule has 6 heteroatoms. The fourth-order valence-electron chi connectivity index (χ4n) is 3.66. The topological polar surface area (TPSA) is 84.0 Å². The van der Waals surface area contributed by atoms with Crippen molar-refractivity contribution in [2.24, 2.45) is 5.92 Å². The lowest BCUT2D eigenvalue weighted by Crippen LogP contribution is -2.93. The number of rotatable bonds is 7. The van der Waals surface area contributed by atoms with Gasteiger partial charge in [0.05, 0.1) is 7.11 Å². The van der Waals surface area contributed by atoms with Crippen LogP contribution in [-0.2, 0) is 22.6 Å². The molecule has 4 N–H and O–H groups in total. The van der Waals surface area contributed by atoms with Crippen molar-refractivity contribution in [3.8, 4) is 5.75 Å². The van der Waals surface area contributed by atoms with Gasteiger partial charge >= 0.3 is 0 Å². The molecule has 0 aromatic heterocycles. The van der Waals surface area contributed by atoms with Crippen LogP contribution >= 0.6 is 0 Å². The van der Waals surface area contributed by atoms with Crippen molar-refractivity contribution < 1.29 is 19.6 Å². The summed E-state index contributed by atoms with van der Waals surface area (Å²) in [4.78, 5) is 25.8. The van der Waals surface area contributed by atoms with E-state index in [-0.39, 0.29) is 23.8 Å². The second kappa shape index (κ2) is 9.56. The molecule has 0 spiro atoms. The van der Waals surface area contributed by atoms with Crippen molar-refractivity contribution in [2.45, 2.75) is 45.3 Å². The van der Waals surface area contributed by atoms with E-state index in [0.29, 0.717) is 24.3 Å². The van der Waals surface area contributed by atoms with E-state index < -0.39 is 6.04 Å². The largest absolute Gasteiger partial charge is 0.497 e. The number of nitrogens with two attached hydrogens (primary N) is 1. The molecule has 1 heterocycles. The number of quaternary nitrogens is 1. The molecule has 0 radical (unpaired) electrons. The van der Waals surface area contributed by atoms with Crippen LogP contribution in [0.15, 0.2) is 48.5 Å². The highest BCUT2D eigenvalue weighted by Gasteiger charge is 2.31. The number of benzene rings is 2. The molecular formula is C23H30N3O3+. The summed E-state index contributed by atoms with van der Waals surface area (Å²) in [5.74, 6) is 0.637. The molecule has 0 saturated carbocycles. The number of methoxy groups -OCH3 is 1. The molecule has 6 nitrogen and oxygen atoms in total. The average molecular weight is 397 g/mol. The maximum atomic E-state index is 12.9. The third-order valence-electron chi connectivity index (χ3n) is 5.19. The Labute approximate surface area is 172 Å². The lowest BCUT2D eigenvalue weighted by atomic mass is 9.95. The van der Waals surface area contributed by atoms with Crippen molar-refractivity contribution in [2.75, 3.05) is 12.4 Å². The summed E-state index contributed by atoms with van der Waals surface area (Å²) < 4.78 is 5.21. The summed E-state index contributed by atoms with van der Waals surface area (Å²) >= 11 is 0. The number of fused-ring (bicyclic) bond motifs is 1. The Bertz CT molecular complexity index is 866. The fraction of sp³-hybridized carbons (Fsp3) is 0.391. The molecule has 1 aliphatic rings. The number of ether oxygens (including phenoxy) is 1. The fourth-order valence-corrected chi connectivity index (χ4v) is 3.66. The summed E-state index contributed by atoms with van der Waals surface area (Å²) in [6.07, 6.45) is 1.25. The van der Waals surface area contributed by atoms with E-state index >= 15 is 0 Å². The zero-order valence-corrected chi connectivity index (χ0v) is 17.3. The molecule has 0 aliphatic carbocycles. The van der Waals surface area contributed by atoms with Gasteiger partial charge in [0.1, 0.15) is 18.3 Å². The van der Waals surface area contributed by atoms with Crippen molar-refractivity contribution in [3.05, 3.63) is 59.7 Å². The molecule has 0 fully saturated rings. The molecule has 2 atom stereocenters. The van der Waals surface area contributed by atoms with E-state index in [9.17, 15) is 9.59 Å². The van der Waals surface area contributed by atoms with E-state index in [4.69, 9.17) is 4.74 Å². The highest BCUT2D eigenvalue weighted by Crippen LogP contribution is 2.18. The monoisotopic (exact) mass is 396 g/mol. The van der Waals surface area contributed by atoms with Crippen molar-refractivity contribution in [1.29, 1.82) is 0 Å². The van der Waals surface area contributed by atoms with E-state index in [0.717, 1.165) is 6.54 Å². The van der Waals surface area contributed by atoms with Crippen LogP contribution in [0, 0.1) is 5.92 Å². The number of amides is 2. The highest BCUT2D eigenvalue weighted by molar-refractivity contribution is 5.97.